The summed E-state index contributed by atoms with van der Waals surface area (Å²) < 4.78 is 45.3. The maximum absolute atomic E-state index is 13.4. The van der Waals surface area contributed by atoms with Crippen molar-refractivity contribution in [1.82, 2.24) is 9.21 Å². The highest BCUT2D eigenvalue weighted by Crippen LogP contribution is 2.35. The maximum atomic E-state index is 13.4. The van der Waals surface area contributed by atoms with Crippen LogP contribution in [0.25, 0.3) is 0 Å². The Morgan fingerprint density at radius 1 is 0.860 bits per heavy atom. The van der Waals surface area contributed by atoms with Crippen molar-refractivity contribution in [1.29, 1.82) is 0 Å². The Balaban J connectivity index is 1.30. The molecule has 0 spiro atoms. The van der Waals surface area contributed by atoms with Crippen LogP contribution in [0.15, 0.2) is 84.9 Å². The van der Waals surface area contributed by atoms with Gasteiger partial charge >= 0.3 is 6.09 Å². The van der Waals surface area contributed by atoms with Crippen LogP contribution in [0, 0.1) is 0 Å². The molecule has 0 bridgehead atoms. The van der Waals surface area contributed by atoms with E-state index >= 15 is 0 Å². The van der Waals surface area contributed by atoms with Crippen molar-refractivity contribution in [3.63, 3.8) is 0 Å². The first-order valence-corrected chi connectivity index (χ1v) is 16.9. The van der Waals surface area contributed by atoms with Crippen molar-refractivity contribution < 1.29 is 27.4 Å². The Hall–Kier alpha value is -3.40. The lowest BCUT2D eigenvalue weighted by atomic mass is 9.83. The van der Waals surface area contributed by atoms with Crippen LogP contribution in [-0.2, 0) is 32.6 Å². The molecule has 0 unspecified atom stereocenters. The zero-order valence-corrected chi connectivity index (χ0v) is 25.8. The summed E-state index contributed by atoms with van der Waals surface area (Å²) >= 11 is 0. The molecule has 1 saturated heterocycles. The molecule has 3 aromatic carbocycles. The van der Waals surface area contributed by atoms with Crippen LogP contribution >= 0.6 is 0 Å². The summed E-state index contributed by atoms with van der Waals surface area (Å²) in [5.74, 6) is 1.23. The molecule has 1 aliphatic heterocycles. The van der Waals surface area contributed by atoms with Gasteiger partial charge in [0.1, 0.15) is 12.4 Å². The molecule has 5 rings (SSSR count). The Bertz CT molecular complexity index is 1410. The van der Waals surface area contributed by atoms with Gasteiger partial charge in [0.15, 0.2) is 0 Å². The molecular weight excluding hydrogens is 564 g/mol. The van der Waals surface area contributed by atoms with Crippen LogP contribution in [0.4, 0.5) is 4.79 Å². The van der Waals surface area contributed by atoms with Gasteiger partial charge in [-0.15, -0.1) is 0 Å². The van der Waals surface area contributed by atoms with Crippen LogP contribution in [0.3, 0.4) is 0 Å². The molecule has 43 heavy (non-hydrogen) atoms. The third-order valence-electron chi connectivity index (χ3n) is 8.69. The minimum Gasteiger partial charge on any atom is -0.497 e. The molecule has 0 aromatic heterocycles. The maximum Gasteiger partial charge on any atom is 0.410 e. The quantitative estimate of drug-likeness (QED) is 0.267. The average molecular weight is 607 g/mol. The highest BCUT2D eigenvalue weighted by molar-refractivity contribution is 7.88. The third-order valence-corrected chi connectivity index (χ3v) is 9.94. The topological polar surface area (TPSA) is 85.4 Å². The van der Waals surface area contributed by atoms with Gasteiger partial charge in [-0.1, -0.05) is 72.8 Å². The second-order valence-corrected chi connectivity index (χ2v) is 13.5. The summed E-state index contributed by atoms with van der Waals surface area (Å²) in [6.45, 7) is 0.987. The molecule has 1 amide bonds. The number of ether oxygens (including phenoxy) is 3. The number of carbonyl (C=O) groups excluding carboxylic acids is 1. The van der Waals surface area contributed by atoms with E-state index < -0.39 is 28.2 Å². The molecule has 230 valence electrons. The van der Waals surface area contributed by atoms with E-state index in [1.54, 1.807) is 12.0 Å². The number of benzene rings is 3. The predicted molar refractivity (Wildman–Crippen MR) is 166 cm³/mol. The van der Waals surface area contributed by atoms with E-state index in [0.717, 1.165) is 36.8 Å². The SMILES string of the molecule is COc1ccc(CN([C@H]2CCN(C(=O)OCc3ccccc3)[C@H]2COC2CCC(c3ccccc3)CC2)S(C)(=O)=O)cc1. The number of hydrogen-bond acceptors (Lipinski definition) is 6. The van der Waals surface area contributed by atoms with Gasteiger partial charge in [0.25, 0.3) is 0 Å². The lowest BCUT2D eigenvalue weighted by Gasteiger charge is -2.35. The molecule has 2 aliphatic rings. The van der Waals surface area contributed by atoms with Gasteiger partial charge in [-0.05, 0) is 66.8 Å². The van der Waals surface area contributed by atoms with Crippen molar-refractivity contribution in [3.8, 4) is 5.75 Å². The fourth-order valence-corrected chi connectivity index (χ4v) is 7.44. The van der Waals surface area contributed by atoms with E-state index in [4.69, 9.17) is 14.2 Å². The average Bonchev–Trinajstić information content (AvgIpc) is 3.45. The lowest BCUT2D eigenvalue weighted by molar-refractivity contribution is -0.0130. The van der Waals surface area contributed by atoms with Crippen molar-refractivity contribution in [2.45, 2.75) is 69.4 Å². The number of carbonyl (C=O) groups is 1. The summed E-state index contributed by atoms with van der Waals surface area (Å²) in [6, 6.07) is 26.6. The number of sulfonamides is 1. The summed E-state index contributed by atoms with van der Waals surface area (Å²) in [7, 11) is -2.02. The van der Waals surface area contributed by atoms with E-state index in [2.05, 4.69) is 24.3 Å². The predicted octanol–water partition coefficient (Wildman–Crippen LogP) is 5.98. The van der Waals surface area contributed by atoms with Crippen molar-refractivity contribution in [3.05, 3.63) is 102 Å². The number of methoxy groups -OCH3 is 1. The van der Waals surface area contributed by atoms with Crippen LogP contribution in [-0.4, -0.2) is 68.4 Å². The van der Waals surface area contributed by atoms with Crippen molar-refractivity contribution in [2.75, 3.05) is 26.5 Å². The molecule has 0 N–H and O–H groups in total. The number of nitrogens with zero attached hydrogens (tertiary/aromatic N) is 2. The molecule has 2 fully saturated rings. The monoisotopic (exact) mass is 606 g/mol. The molecule has 2 atom stereocenters. The highest BCUT2D eigenvalue weighted by atomic mass is 32.2. The summed E-state index contributed by atoms with van der Waals surface area (Å²) in [6.07, 6.45) is 5.28. The smallest absolute Gasteiger partial charge is 0.410 e. The zero-order valence-electron chi connectivity index (χ0n) is 25.0. The van der Waals surface area contributed by atoms with Crippen LogP contribution in [0.1, 0.15) is 54.7 Å². The Morgan fingerprint density at radius 3 is 2.14 bits per heavy atom. The van der Waals surface area contributed by atoms with E-state index in [0.29, 0.717) is 24.6 Å². The Labute approximate surface area is 255 Å². The van der Waals surface area contributed by atoms with Gasteiger partial charge < -0.3 is 19.1 Å². The van der Waals surface area contributed by atoms with Crippen molar-refractivity contribution in [2.24, 2.45) is 0 Å². The number of rotatable bonds is 11. The molecule has 1 aliphatic carbocycles. The van der Waals surface area contributed by atoms with Gasteiger partial charge in [-0.25, -0.2) is 13.2 Å². The summed E-state index contributed by atoms with van der Waals surface area (Å²) in [5, 5.41) is 0. The Morgan fingerprint density at radius 2 is 1.51 bits per heavy atom. The van der Waals surface area contributed by atoms with Gasteiger partial charge in [-0.2, -0.15) is 4.31 Å². The van der Waals surface area contributed by atoms with Gasteiger partial charge in [0.05, 0.1) is 32.1 Å². The molecule has 0 radical (unpaired) electrons. The number of hydrogen-bond donors (Lipinski definition) is 0. The molecule has 1 saturated carbocycles. The first kappa shape index (κ1) is 31.0. The fraction of sp³-hybridized carbons (Fsp3) is 0.441. The van der Waals surface area contributed by atoms with Crippen LogP contribution in [0.5, 0.6) is 5.75 Å². The standard InChI is InChI=1S/C34H42N2O6S/c1-40-30-17-13-26(14-18-30)23-36(43(2,38)39)32-21-22-35(34(37)42-24-27-9-5-3-6-10-27)33(32)25-41-31-19-15-29(16-20-31)28-11-7-4-8-12-28/h3-14,17-18,29,31-33H,15-16,19-25H2,1-2H3/t29?,31?,32-,33-/m0/s1. The molecule has 8 nitrogen and oxygen atoms in total. The van der Waals surface area contributed by atoms with E-state index in [1.165, 1.54) is 16.1 Å². The number of likely N-dealkylation sites (tertiary alicyclic amines) is 1. The first-order valence-electron chi connectivity index (χ1n) is 15.1. The molecule has 3 aromatic rings. The van der Waals surface area contributed by atoms with Gasteiger partial charge in [-0.3, -0.25) is 0 Å². The lowest BCUT2D eigenvalue weighted by Crippen LogP contribution is -2.51. The van der Waals surface area contributed by atoms with Gasteiger partial charge in [0.2, 0.25) is 10.0 Å². The minimum absolute atomic E-state index is 0.0664. The van der Waals surface area contributed by atoms with E-state index in [9.17, 15) is 13.2 Å². The largest absolute Gasteiger partial charge is 0.497 e. The fourth-order valence-electron chi connectivity index (χ4n) is 6.32. The highest BCUT2D eigenvalue weighted by Gasteiger charge is 2.44. The van der Waals surface area contributed by atoms with Gasteiger partial charge in [0, 0.05) is 19.1 Å². The van der Waals surface area contributed by atoms with Crippen LogP contribution < -0.4 is 4.74 Å². The molecule has 9 heteroatoms. The first-order chi connectivity index (χ1) is 20.8. The second-order valence-electron chi connectivity index (χ2n) is 11.5. The summed E-state index contributed by atoms with van der Waals surface area (Å²) in [4.78, 5) is 15.1. The number of amides is 1. The molecular formula is C34H42N2O6S. The van der Waals surface area contributed by atoms with E-state index in [1.807, 2.05) is 60.7 Å². The van der Waals surface area contributed by atoms with Crippen LogP contribution in [0.2, 0.25) is 0 Å². The van der Waals surface area contributed by atoms with Crippen molar-refractivity contribution >= 4 is 16.1 Å². The zero-order chi connectivity index (χ0) is 30.2. The molecule has 1 heterocycles. The minimum atomic E-state index is -3.61. The second kappa shape index (κ2) is 14.4. The Kier molecular flexibility index (Phi) is 10.4. The normalized spacial score (nSPS) is 22.4. The van der Waals surface area contributed by atoms with E-state index in [-0.39, 0.29) is 25.9 Å². The third kappa shape index (κ3) is 8.16. The summed E-state index contributed by atoms with van der Waals surface area (Å²) in [5.41, 5.74) is 3.11.